The van der Waals surface area contributed by atoms with E-state index in [9.17, 15) is 4.79 Å². The molecular weight excluding hydrogens is 258 g/mol. The van der Waals surface area contributed by atoms with Crippen LogP contribution in [-0.2, 0) is 11.8 Å². The van der Waals surface area contributed by atoms with Gasteiger partial charge in [-0.3, -0.25) is 0 Å². The molecule has 0 bridgehead atoms. The number of benzene rings is 1. The lowest BCUT2D eigenvalue weighted by Gasteiger charge is -2.11. The summed E-state index contributed by atoms with van der Waals surface area (Å²) in [7, 11) is 1.77. The summed E-state index contributed by atoms with van der Waals surface area (Å²) < 4.78 is 12.3. The molecule has 0 aliphatic rings. The topological polar surface area (TPSA) is 79.4 Å². The minimum Gasteiger partial charge on any atom is -0.462 e. The van der Waals surface area contributed by atoms with Crippen molar-refractivity contribution in [3.63, 3.8) is 0 Å². The van der Waals surface area contributed by atoms with Crippen LogP contribution in [0.1, 0.15) is 23.0 Å². The number of ether oxygens (including phenoxy) is 2. The van der Waals surface area contributed by atoms with Gasteiger partial charge in [0, 0.05) is 13.1 Å². The number of nitrogens with zero attached hydrogens (tertiary/aromatic N) is 2. The maximum Gasteiger partial charge on any atom is 0.340 e. The Morgan fingerprint density at radius 1 is 1.45 bits per heavy atom. The zero-order chi connectivity index (χ0) is 14.7. The largest absolute Gasteiger partial charge is 0.462 e. The molecule has 2 rings (SSSR count). The van der Waals surface area contributed by atoms with Gasteiger partial charge in [-0.05, 0) is 26.0 Å². The van der Waals surface area contributed by atoms with Crippen LogP contribution in [0.4, 0.5) is 5.69 Å². The van der Waals surface area contributed by atoms with E-state index in [2.05, 4.69) is 5.10 Å². The van der Waals surface area contributed by atoms with Gasteiger partial charge in [0.05, 0.1) is 23.6 Å². The van der Waals surface area contributed by atoms with Crippen LogP contribution in [0.2, 0.25) is 0 Å². The van der Waals surface area contributed by atoms with Crippen molar-refractivity contribution in [2.24, 2.45) is 7.05 Å². The number of para-hydroxylation sites is 1. The lowest BCUT2D eigenvalue weighted by Crippen LogP contribution is -2.09. The van der Waals surface area contributed by atoms with Crippen molar-refractivity contribution in [3.05, 3.63) is 35.5 Å². The van der Waals surface area contributed by atoms with Gasteiger partial charge >= 0.3 is 5.97 Å². The van der Waals surface area contributed by atoms with Gasteiger partial charge < -0.3 is 15.2 Å². The lowest BCUT2D eigenvalue weighted by atomic mass is 10.1. The number of nitrogen functional groups attached to an aromatic ring is 1. The minimum absolute atomic E-state index is 0.254. The molecule has 2 N–H and O–H groups in total. The van der Waals surface area contributed by atoms with E-state index in [0.29, 0.717) is 23.8 Å². The third-order valence-electron chi connectivity index (χ3n) is 2.74. The summed E-state index contributed by atoms with van der Waals surface area (Å²) in [5, 5.41) is 4.18. The van der Waals surface area contributed by atoms with Gasteiger partial charge in [0.25, 0.3) is 0 Å². The number of hydrogen-bond acceptors (Lipinski definition) is 5. The fourth-order valence-electron chi connectivity index (χ4n) is 1.81. The molecule has 6 nitrogen and oxygen atoms in total. The Hall–Kier alpha value is -2.50. The van der Waals surface area contributed by atoms with Crippen LogP contribution in [0.3, 0.4) is 0 Å². The van der Waals surface area contributed by atoms with Crippen molar-refractivity contribution in [1.82, 2.24) is 9.78 Å². The van der Waals surface area contributed by atoms with Crippen LogP contribution in [0, 0.1) is 6.92 Å². The van der Waals surface area contributed by atoms with E-state index in [4.69, 9.17) is 15.2 Å². The smallest absolute Gasteiger partial charge is 0.340 e. The third kappa shape index (κ3) is 2.74. The first-order valence-electron chi connectivity index (χ1n) is 6.27. The Kier molecular flexibility index (Phi) is 3.93. The molecule has 0 atom stereocenters. The highest BCUT2D eigenvalue weighted by atomic mass is 16.5. The van der Waals surface area contributed by atoms with Gasteiger partial charge in [-0.1, -0.05) is 6.07 Å². The van der Waals surface area contributed by atoms with E-state index in [0.717, 1.165) is 5.69 Å². The SMILES string of the molecule is CCOC(=O)c1cccc(Oc2cc(C)nn2C)c1N. The van der Waals surface area contributed by atoms with Crippen LogP contribution in [0.15, 0.2) is 24.3 Å². The average molecular weight is 275 g/mol. The molecule has 0 aliphatic heterocycles. The van der Waals surface area contributed by atoms with Gasteiger partial charge in [-0.25, -0.2) is 9.48 Å². The summed E-state index contributed by atoms with van der Waals surface area (Å²) in [6, 6.07) is 6.78. The second kappa shape index (κ2) is 5.64. The average Bonchev–Trinajstić information content (AvgIpc) is 2.70. The molecule has 106 valence electrons. The summed E-state index contributed by atoms with van der Waals surface area (Å²) in [5.74, 6) is 0.491. The lowest BCUT2D eigenvalue weighted by molar-refractivity contribution is 0.0527. The predicted octanol–water partition coefficient (Wildman–Crippen LogP) is 2.28. The van der Waals surface area contributed by atoms with Crippen LogP contribution < -0.4 is 10.5 Å². The molecule has 0 unspecified atom stereocenters. The van der Waals surface area contributed by atoms with E-state index in [1.165, 1.54) is 0 Å². The van der Waals surface area contributed by atoms with Crippen molar-refractivity contribution in [2.75, 3.05) is 12.3 Å². The first kappa shape index (κ1) is 13.9. The standard InChI is InChI=1S/C14H17N3O3/c1-4-19-14(18)10-6-5-7-11(13(10)15)20-12-8-9(2)16-17(12)3/h5-8H,4,15H2,1-3H3. The Balaban J connectivity index is 2.31. The van der Waals surface area contributed by atoms with Crippen molar-refractivity contribution in [1.29, 1.82) is 0 Å². The highest BCUT2D eigenvalue weighted by Gasteiger charge is 2.15. The second-order valence-electron chi connectivity index (χ2n) is 4.29. The van der Waals surface area contributed by atoms with E-state index in [1.54, 1.807) is 42.9 Å². The number of aromatic nitrogens is 2. The van der Waals surface area contributed by atoms with Gasteiger partial charge in [0.15, 0.2) is 5.75 Å². The van der Waals surface area contributed by atoms with E-state index in [-0.39, 0.29) is 5.69 Å². The Labute approximate surface area is 117 Å². The van der Waals surface area contributed by atoms with Gasteiger partial charge in [-0.15, -0.1) is 0 Å². The molecule has 1 aromatic carbocycles. The third-order valence-corrected chi connectivity index (χ3v) is 2.74. The fourth-order valence-corrected chi connectivity index (χ4v) is 1.81. The van der Waals surface area contributed by atoms with Crippen molar-refractivity contribution < 1.29 is 14.3 Å². The molecule has 1 aromatic heterocycles. The highest BCUT2D eigenvalue weighted by Crippen LogP contribution is 2.30. The monoisotopic (exact) mass is 275 g/mol. The maximum absolute atomic E-state index is 11.8. The number of aryl methyl sites for hydroxylation is 2. The number of carbonyl (C=O) groups excluding carboxylic acids is 1. The van der Waals surface area contributed by atoms with Gasteiger partial charge in [0.2, 0.25) is 5.88 Å². The van der Waals surface area contributed by atoms with E-state index < -0.39 is 5.97 Å². The first-order chi connectivity index (χ1) is 9.52. The van der Waals surface area contributed by atoms with Gasteiger partial charge in [0.1, 0.15) is 0 Å². The number of hydrogen-bond donors (Lipinski definition) is 1. The van der Waals surface area contributed by atoms with Crippen molar-refractivity contribution >= 4 is 11.7 Å². The number of rotatable bonds is 4. The quantitative estimate of drug-likeness (QED) is 0.684. The first-order valence-corrected chi connectivity index (χ1v) is 6.27. The van der Waals surface area contributed by atoms with Crippen LogP contribution in [0.5, 0.6) is 11.6 Å². The zero-order valence-corrected chi connectivity index (χ0v) is 11.7. The molecule has 0 spiro atoms. The molecule has 0 radical (unpaired) electrons. The molecule has 6 heteroatoms. The summed E-state index contributed by atoms with van der Waals surface area (Å²) in [4.78, 5) is 11.8. The van der Waals surface area contributed by atoms with E-state index >= 15 is 0 Å². The molecule has 0 saturated heterocycles. The normalized spacial score (nSPS) is 10.3. The van der Waals surface area contributed by atoms with Crippen molar-refractivity contribution in [3.8, 4) is 11.6 Å². The summed E-state index contributed by atoms with van der Waals surface area (Å²) in [6.07, 6.45) is 0. The molecule has 20 heavy (non-hydrogen) atoms. The molecular formula is C14H17N3O3. The predicted molar refractivity (Wildman–Crippen MR) is 74.8 cm³/mol. The molecule has 0 aliphatic carbocycles. The highest BCUT2D eigenvalue weighted by molar-refractivity contribution is 5.96. The molecule has 0 saturated carbocycles. The van der Waals surface area contributed by atoms with Crippen molar-refractivity contribution in [2.45, 2.75) is 13.8 Å². The number of anilines is 1. The van der Waals surface area contributed by atoms with E-state index in [1.807, 2.05) is 6.92 Å². The molecule has 0 fully saturated rings. The molecule has 0 amide bonds. The Morgan fingerprint density at radius 3 is 2.80 bits per heavy atom. The summed E-state index contributed by atoms with van der Waals surface area (Å²) in [6.45, 7) is 3.91. The minimum atomic E-state index is -0.461. The summed E-state index contributed by atoms with van der Waals surface area (Å²) >= 11 is 0. The number of carbonyl (C=O) groups is 1. The zero-order valence-electron chi connectivity index (χ0n) is 11.7. The number of esters is 1. The van der Waals surface area contributed by atoms with Crippen LogP contribution in [-0.4, -0.2) is 22.4 Å². The van der Waals surface area contributed by atoms with Gasteiger partial charge in [-0.2, -0.15) is 5.10 Å². The van der Waals surface area contributed by atoms with Crippen LogP contribution in [0.25, 0.3) is 0 Å². The fraction of sp³-hybridized carbons (Fsp3) is 0.286. The molecule has 2 aromatic rings. The maximum atomic E-state index is 11.8. The number of nitrogens with two attached hydrogens (primary N) is 1. The second-order valence-corrected chi connectivity index (χ2v) is 4.29. The Morgan fingerprint density at radius 2 is 2.20 bits per heavy atom. The Bertz CT molecular complexity index is 635. The van der Waals surface area contributed by atoms with Crippen LogP contribution >= 0.6 is 0 Å². The molecule has 1 heterocycles. The summed E-state index contributed by atoms with van der Waals surface area (Å²) in [5.41, 5.74) is 7.35.